The molecule has 9 heterocycles. The summed E-state index contributed by atoms with van der Waals surface area (Å²) in [5.74, 6) is 5.50. The molecule has 6 fully saturated rings. The lowest BCUT2D eigenvalue weighted by atomic mass is 9.72. The Bertz CT molecular complexity index is 2820. The molecule has 0 saturated carbocycles. The zero-order chi connectivity index (χ0) is 50.7. The maximum absolute atomic E-state index is 7.62. The van der Waals surface area contributed by atoms with Crippen LogP contribution >= 0.6 is 0 Å². The lowest BCUT2D eigenvalue weighted by molar-refractivity contribution is -0.0505. The van der Waals surface area contributed by atoms with Gasteiger partial charge in [-0.25, -0.2) is 0 Å². The molecule has 74 heavy (non-hydrogen) atoms. The van der Waals surface area contributed by atoms with Crippen LogP contribution in [0.1, 0.15) is 155 Å². The van der Waals surface area contributed by atoms with Gasteiger partial charge in [0.2, 0.25) is 11.8 Å². The van der Waals surface area contributed by atoms with E-state index in [1.807, 2.05) is 12.4 Å². The molecule has 6 aliphatic heterocycles. The fourth-order valence-electron chi connectivity index (χ4n) is 14.0. The van der Waals surface area contributed by atoms with Gasteiger partial charge in [0, 0.05) is 47.4 Å². The molecule has 6 saturated heterocycles. The highest BCUT2D eigenvalue weighted by atomic mass is 16.5. The number of rotatable bonds is 22. The van der Waals surface area contributed by atoms with Crippen LogP contribution in [0.15, 0.2) is 97.3 Å². The Hall–Kier alpha value is -5.58. The first-order valence-electron chi connectivity index (χ1n) is 29.0. The van der Waals surface area contributed by atoms with Gasteiger partial charge in [-0.2, -0.15) is 0 Å². The van der Waals surface area contributed by atoms with Gasteiger partial charge in [0.05, 0.1) is 46.1 Å². The van der Waals surface area contributed by atoms with E-state index in [1.165, 1.54) is 25.7 Å². The van der Waals surface area contributed by atoms with E-state index < -0.39 is 0 Å². The Labute approximate surface area is 439 Å². The van der Waals surface area contributed by atoms with Gasteiger partial charge in [0.15, 0.2) is 0 Å². The van der Waals surface area contributed by atoms with Crippen molar-refractivity contribution in [1.29, 1.82) is 0 Å². The first-order valence-corrected chi connectivity index (χ1v) is 29.0. The zero-order valence-corrected chi connectivity index (χ0v) is 45.1. The maximum atomic E-state index is 7.62. The SMILES string of the molecule is CCCC(CCC)Oc1ccc2nccc([C@@H](Oc3nnc(O[C@H](c4ccnc5ccc(OC(CCC)CCC)cc45)[C@H]4C[C@@H]5CCN4C[C@@H]5CC)c4cc5ccccc5cc34)[C@H]3C[C@@H]4CCN3C[C@@H]4CC)c2c1. The van der Waals surface area contributed by atoms with Crippen LogP contribution in [0.5, 0.6) is 23.3 Å². The molecule has 7 aromatic rings. The number of fused-ring (bicyclic) bond motifs is 10. The average Bonchev–Trinajstić information content (AvgIpc) is 3.44. The Kier molecular flexibility index (Phi) is 15.5. The highest BCUT2D eigenvalue weighted by Crippen LogP contribution is 2.48. The molecule has 10 heteroatoms. The van der Waals surface area contributed by atoms with Crippen molar-refractivity contribution in [1.82, 2.24) is 30.0 Å². The summed E-state index contributed by atoms with van der Waals surface area (Å²) in [5, 5.41) is 16.5. The van der Waals surface area contributed by atoms with Crippen molar-refractivity contribution in [3.8, 4) is 23.3 Å². The summed E-state index contributed by atoms with van der Waals surface area (Å²) in [6.45, 7) is 18.0. The van der Waals surface area contributed by atoms with E-state index in [0.29, 0.717) is 35.4 Å². The molecule has 10 nitrogen and oxygen atoms in total. The number of hydrogen-bond acceptors (Lipinski definition) is 10. The van der Waals surface area contributed by atoms with E-state index >= 15 is 0 Å². The van der Waals surface area contributed by atoms with E-state index in [9.17, 15) is 0 Å². The highest BCUT2D eigenvalue weighted by molar-refractivity contribution is 6.02. The highest BCUT2D eigenvalue weighted by Gasteiger charge is 2.46. The summed E-state index contributed by atoms with van der Waals surface area (Å²) in [5.41, 5.74) is 4.10. The summed E-state index contributed by atoms with van der Waals surface area (Å²) in [6, 6.07) is 30.6. The predicted octanol–water partition coefficient (Wildman–Crippen LogP) is 15.1. The summed E-state index contributed by atoms with van der Waals surface area (Å²) in [7, 11) is 0. The third kappa shape index (κ3) is 10.3. The van der Waals surface area contributed by atoms with Crippen LogP contribution in [0.2, 0.25) is 0 Å². The number of piperidine rings is 6. The molecule has 0 radical (unpaired) electrons. The lowest BCUT2D eigenvalue weighted by Crippen LogP contribution is -2.56. The first-order chi connectivity index (χ1) is 36.4. The van der Waals surface area contributed by atoms with Crippen molar-refractivity contribution in [3.63, 3.8) is 0 Å². The standard InChI is InChI=1S/C64H80N6O4/c1-7-15-47(16-8-2)71-49-21-23-57-53(37-49)51(25-29-65-57)61(59-35-45-27-31-69(59)39-41(45)11-5)73-63-55-33-43-19-13-14-20-44(43)34-56(55)64(68-67-63)74-62(60-36-46-28-32-70(60)40-42(46)12-6)52-26-30-66-58-24-22-50(38-54(52)58)72-48(17-9-3)18-10-4/h13-14,19-26,29-30,33-34,37-38,41-42,45-48,59-62H,7-12,15-18,27-28,31-32,35-36,39-40H2,1-6H3/t41-,42-,45-,46-,59+,60+,61+,62+/m0/s1. The van der Waals surface area contributed by atoms with Crippen molar-refractivity contribution < 1.29 is 18.9 Å². The topological polar surface area (TPSA) is 95.0 Å². The summed E-state index contributed by atoms with van der Waals surface area (Å²) in [6.07, 6.45) is 19.0. The van der Waals surface area contributed by atoms with Gasteiger partial charge in [-0.3, -0.25) is 19.8 Å². The van der Waals surface area contributed by atoms with E-state index in [2.05, 4.69) is 136 Å². The van der Waals surface area contributed by atoms with Gasteiger partial charge in [0.25, 0.3) is 0 Å². The van der Waals surface area contributed by atoms with Crippen LogP contribution in [0.4, 0.5) is 0 Å². The van der Waals surface area contributed by atoms with Gasteiger partial charge in [-0.05, 0) is 160 Å². The molecule has 4 aromatic carbocycles. The van der Waals surface area contributed by atoms with Crippen molar-refractivity contribution in [2.24, 2.45) is 23.7 Å². The number of ether oxygens (including phenoxy) is 4. The van der Waals surface area contributed by atoms with Crippen LogP contribution < -0.4 is 18.9 Å². The van der Waals surface area contributed by atoms with Crippen LogP contribution in [-0.2, 0) is 0 Å². The van der Waals surface area contributed by atoms with Gasteiger partial charge < -0.3 is 18.9 Å². The third-order valence-corrected chi connectivity index (χ3v) is 17.8. The van der Waals surface area contributed by atoms with Crippen molar-refractivity contribution >= 4 is 43.4 Å². The fraction of sp³-hybridized carbons (Fsp3) is 0.531. The largest absolute Gasteiger partial charge is 0.490 e. The average molecular weight is 997 g/mol. The van der Waals surface area contributed by atoms with E-state index in [1.54, 1.807) is 0 Å². The Morgan fingerprint density at radius 1 is 0.500 bits per heavy atom. The summed E-state index contributed by atoms with van der Waals surface area (Å²) in [4.78, 5) is 15.2. The molecule has 4 bridgehead atoms. The number of hydrogen-bond donors (Lipinski definition) is 0. The lowest BCUT2D eigenvalue weighted by Gasteiger charge is -2.52. The first kappa shape index (κ1) is 50.6. The van der Waals surface area contributed by atoms with Crippen LogP contribution in [0.3, 0.4) is 0 Å². The maximum Gasteiger partial charge on any atom is 0.242 e. The number of nitrogens with zero attached hydrogens (tertiary/aromatic N) is 6. The Morgan fingerprint density at radius 2 is 0.932 bits per heavy atom. The van der Waals surface area contributed by atoms with Gasteiger partial charge in [0.1, 0.15) is 23.7 Å². The minimum Gasteiger partial charge on any atom is -0.490 e. The molecular formula is C64H80N6O4. The van der Waals surface area contributed by atoms with Crippen molar-refractivity contribution in [2.45, 2.75) is 168 Å². The molecule has 0 aliphatic carbocycles. The second-order valence-electron chi connectivity index (χ2n) is 22.5. The smallest absolute Gasteiger partial charge is 0.242 e. The van der Waals surface area contributed by atoms with Crippen LogP contribution in [0.25, 0.3) is 43.4 Å². The molecular weight excluding hydrogens is 917 g/mol. The molecule has 3 aromatic heterocycles. The normalized spacial score (nSPS) is 24.3. The van der Waals surface area contributed by atoms with Gasteiger partial charge >= 0.3 is 0 Å². The molecule has 0 amide bonds. The van der Waals surface area contributed by atoms with Crippen molar-refractivity contribution in [3.05, 3.63) is 108 Å². The van der Waals surface area contributed by atoms with E-state index in [0.717, 1.165) is 156 Å². The molecule has 6 aliphatic rings. The van der Waals surface area contributed by atoms with E-state index in [-0.39, 0.29) is 36.5 Å². The summed E-state index contributed by atoms with van der Waals surface area (Å²) >= 11 is 0. The second-order valence-corrected chi connectivity index (χ2v) is 22.5. The van der Waals surface area contributed by atoms with Gasteiger partial charge in [-0.15, -0.1) is 10.2 Å². The predicted molar refractivity (Wildman–Crippen MR) is 299 cm³/mol. The number of aromatic nitrogens is 4. The van der Waals surface area contributed by atoms with E-state index in [4.69, 9.17) is 39.1 Å². The molecule has 2 unspecified atom stereocenters. The van der Waals surface area contributed by atoms with Crippen molar-refractivity contribution in [2.75, 3.05) is 26.2 Å². The minimum absolute atomic E-state index is 0.146. The Balaban J connectivity index is 1.03. The third-order valence-electron chi connectivity index (χ3n) is 17.8. The monoisotopic (exact) mass is 997 g/mol. The number of benzene rings is 4. The minimum atomic E-state index is -0.340. The van der Waals surface area contributed by atoms with Crippen LogP contribution in [0, 0.1) is 23.7 Å². The molecule has 0 spiro atoms. The van der Waals surface area contributed by atoms with Gasteiger partial charge in [-0.1, -0.05) is 104 Å². The fourth-order valence-corrected chi connectivity index (χ4v) is 14.0. The Morgan fingerprint density at radius 3 is 1.31 bits per heavy atom. The summed E-state index contributed by atoms with van der Waals surface area (Å²) < 4.78 is 28.8. The number of pyridine rings is 2. The molecule has 0 N–H and O–H groups in total. The molecule has 390 valence electrons. The quantitative estimate of drug-likeness (QED) is 0.0611. The molecule has 13 rings (SSSR count). The zero-order valence-electron chi connectivity index (χ0n) is 45.1. The molecule has 10 atom stereocenters. The second kappa shape index (κ2) is 22.7. The van der Waals surface area contributed by atoms with Crippen LogP contribution in [-0.4, -0.2) is 80.4 Å².